The quantitative estimate of drug-likeness (QED) is 0.178. The maximum Gasteiger partial charge on any atom is 0.165 e. The Kier molecular flexibility index (Phi) is 7.74. The third-order valence-electron chi connectivity index (χ3n) is 10.4. The van der Waals surface area contributed by atoms with Crippen LogP contribution in [0.3, 0.4) is 0 Å². The average molecular weight is 644 g/mol. The molecule has 6 aromatic rings. The summed E-state index contributed by atoms with van der Waals surface area (Å²) in [5.41, 5.74) is 13.0. The molecule has 3 aliphatic rings. The topological polar surface area (TPSA) is 37.6 Å². The van der Waals surface area contributed by atoms with Crippen LogP contribution in [0.2, 0.25) is 0 Å². The largest absolute Gasteiger partial charge is 0.257 e. The summed E-state index contributed by atoms with van der Waals surface area (Å²) in [7, 11) is 0. The van der Waals surface area contributed by atoms with E-state index in [1.807, 2.05) is 6.20 Å². The highest BCUT2D eigenvalue weighted by Crippen LogP contribution is 2.37. The van der Waals surface area contributed by atoms with E-state index in [9.17, 15) is 0 Å². The summed E-state index contributed by atoms with van der Waals surface area (Å²) in [4.78, 5) is 15.5. The van der Waals surface area contributed by atoms with E-state index in [1.54, 1.807) is 0 Å². The molecule has 0 fully saturated rings. The molecule has 0 bridgehead atoms. The summed E-state index contributed by atoms with van der Waals surface area (Å²) < 4.78 is 0. The number of benzene rings is 5. The van der Waals surface area contributed by atoms with Crippen LogP contribution < -0.4 is 0 Å². The first-order valence-electron chi connectivity index (χ1n) is 17.7. The van der Waals surface area contributed by atoms with Gasteiger partial charge in [0, 0.05) is 29.5 Å². The maximum atomic E-state index is 5.38. The van der Waals surface area contributed by atoms with Crippen molar-refractivity contribution in [3.8, 4) is 22.4 Å². The molecule has 3 heteroatoms. The van der Waals surface area contributed by atoms with Crippen molar-refractivity contribution in [2.24, 2.45) is 15.9 Å². The van der Waals surface area contributed by atoms with Gasteiger partial charge < -0.3 is 0 Å². The Morgan fingerprint density at radius 1 is 0.640 bits per heavy atom. The van der Waals surface area contributed by atoms with Crippen LogP contribution in [0.25, 0.3) is 43.9 Å². The highest BCUT2D eigenvalue weighted by molar-refractivity contribution is 6.20. The molecule has 3 nitrogen and oxygen atoms in total. The van der Waals surface area contributed by atoms with Crippen LogP contribution in [0.1, 0.15) is 42.6 Å². The van der Waals surface area contributed by atoms with Gasteiger partial charge in [-0.3, -0.25) is 15.0 Å². The molecule has 2 atom stereocenters. The van der Waals surface area contributed by atoms with Crippen LogP contribution in [-0.4, -0.2) is 16.4 Å². The van der Waals surface area contributed by atoms with E-state index in [-0.39, 0.29) is 6.17 Å². The minimum atomic E-state index is -0.328. The lowest BCUT2D eigenvalue weighted by Crippen LogP contribution is -2.21. The van der Waals surface area contributed by atoms with Crippen molar-refractivity contribution in [2.45, 2.75) is 32.4 Å². The lowest BCUT2D eigenvalue weighted by atomic mass is 9.81. The average Bonchev–Trinajstić information content (AvgIpc) is 3.20. The van der Waals surface area contributed by atoms with Crippen LogP contribution in [0.5, 0.6) is 0 Å². The third-order valence-corrected chi connectivity index (χ3v) is 10.4. The van der Waals surface area contributed by atoms with Gasteiger partial charge in [0.05, 0.1) is 17.1 Å². The van der Waals surface area contributed by atoms with E-state index in [0.717, 1.165) is 52.0 Å². The van der Waals surface area contributed by atoms with Crippen molar-refractivity contribution < 1.29 is 0 Å². The monoisotopic (exact) mass is 643 g/mol. The molecule has 50 heavy (non-hydrogen) atoms. The Labute approximate surface area is 293 Å². The lowest BCUT2D eigenvalue weighted by Gasteiger charge is -2.27. The number of nitrogens with zero attached hydrogens (tertiary/aromatic N) is 3. The number of pyridine rings is 1. The molecule has 2 aliphatic carbocycles. The van der Waals surface area contributed by atoms with E-state index >= 15 is 0 Å². The number of fused-ring (bicyclic) bond motifs is 3. The normalized spacial score (nSPS) is 18.3. The number of rotatable bonds is 6. The summed E-state index contributed by atoms with van der Waals surface area (Å²) in [6.07, 6.45) is 17.7. The highest BCUT2D eigenvalue weighted by Gasteiger charge is 2.26. The number of aryl methyl sites for hydroxylation is 1. The van der Waals surface area contributed by atoms with Crippen molar-refractivity contribution in [3.63, 3.8) is 0 Å². The molecule has 0 spiro atoms. The molecule has 5 aromatic carbocycles. The fourth-order valence-corrected chi connectivity index (χ4v) is 7.78. The molecular weight excluding hydrogens is 607 g/mol. The second-order valence-corrected chi connectivity index (χ2v) is 13.3. The van der Waals surface area contributed by atoms with Gasteiger partial charge in [-0.05, 0) is 74.0 Å². The summed E-state index contributed by atoms with van der Waals surface area (Å²) >= 11 is 0. The van der Waals surface area contributed by atoms with Crippen molar-refractivity contribution >= 4 is 33.0 Å². The van der Waals surface area contributed by atoms with E-state index in [2.05, 4.69) is 159 Å². The zero-order valence-electron chi connectivity index (χ0n) is 28.1. The Bertz CT molecular complexity index is 2450. The van der Waals surface area contributed by atoms with Crippen LogP contribution in [-0.2, 0) is 6.42 Å². The molecule has 0 N–H and O–H groups in total. The first-order chi connectivity index (χ1) is 24.7. The Morgan fingerprint density at radius 2 is 1.36 bits per heavy atom. The van der Waals surface area contributed by atoms with Gasteiger partial charge in [-0.25, -0.2) is 0 Å². The summed E-state index contributed by atoms with van der Waals surface area (Å²) in [6, 6.07) is 41.5. The lowest BCUT2D eigenvalue weighted by molar-refractivity contribution is 0.754. The van der Waals surface area contributed by atoms with Crippen molar-refractivity contribution in [1.29, 1.82) is 0 Å². The Hall–Kier alpha value is -5.93. The number of hydrogen-bond acceptors (Lipinski definition) is 3. The maximum absolute atomic E-state index is 5.38. The minimum absolute atomic E-state index is 0.328. The smallest absolute Gasteiger partial charge is 0.165 e. The van der Waals surface area contributed by atoms with Gasteiger partial charge >= 0.3 is 0 Å². The Morgan fingerprint density at radius 3 is 2.18 bits per heavy atom. The van der Waals surface area contributed by atoms with E-state index in [4.69, 9.17) is 15.0 Å². The second kappa shape index (κ2) is 12.8. The van der Waals surface area contributed by atoms with Crippen molar-refractivity contribution in [2.75, 3.05) is 0 Å². The molecule has 0 saturated carbocycles. The number of aromatic nitrogens is 1. The second-order valence-electron chi connectivity index (χ2n) is 13.3. The predicted molar refractivity (Wildman–Crippen MR) is 210 cm³/mol. The molecule has 1 aromatic heterocycles. The van der Waals surface area contributed by atoms with Crippen molar-refractivity contribution in [1.82, 2.24) is 4.98 Å². The van der Waals surface area contributed by atoms with Crippen LogP contribution in [0.4, 0.5) is 0 Å². The van der Waals surface area contributed by atoms with Gasteiger partial charge in [0.2, 0.25) is 0 Å². The molecule has 1 aliphatic heterocycles. The number of aliphatic imine (C=N–C) groups is 2. The number of hydrogen-bond donors (Lipinski definition) is 0. The van der Waals surface area contributed by atoms with Crippen molar-refractivity contribution in [3.05, 3.63) is 186 Å². The molecule has 0 radical (unpaired) electrons. The zero-order valence-corrected chi connectivity index (χ0v) is 28.1. The molecular formula is C47H37N3. The molecule has 2 heterocycles. The zero-order chi connectivity index (χ0) is 33.4. The van der Waals surface area contributed by atoms with Gasteiger partial charge in [-0.1, -0.05) is 153 Å². The highest BCUT2D eigenvalue weighted by atomic mass is 15.0. The summed E-state index contributed by atoms with van der Waals surface area (Å²) in [5, 5.41) is 4.91. The third kappa shape index (κ3) is 5.45. The van der Waals surface area contributed by atoms with Gasteiger partial charge in [0.1, 0.15) is 0 Å². The molecule has 0 saturated heterocycles. The number of allylic oxidation sites excluding steroid dienone is 8. The van der Waals surface area contributed by atoms with E-state index < -0.39 is 0 Å². The first-order valence-corrected chi connectivity index (χ1v) is 17.7. The van der Waals surface area contributed by atoms with E-state index in [1.165, 1.54) is 44.0 Å². The van der Waals surface area contributed by atoms with Crippen LogP contribution >= 0.6 is 0 Å². The Balaban J connectivity index is 1.11. The fraction of sp³-hybridized carbons (Fsp3) is 0.128. The predicted octanol–water partition coefficient (Wildman–Crippen LogP) is 11.6. The SMILES string of the molecule is CCc1ccc2ccccc2c1-c1ccc(C2N=C(C3=C4C=CC=CC4CC=C3)CC(c3ccc(-c4nccc5ccccc45)cc3)=N2)cc1. The first kappa shape index (κ1) is 30.2. The molecule has 0 amide bonds. The van der Waals surface area contributed by atoms with Gasteiger partial charge in [-0.15, -0.1) is 0 Å². The van der Waals surface area contributed by atoms with Crippen LogP contribution in [0, 0.1) is 5.92 Å². The summed E-state index contributed by atoms with van der Waals surface area (Å²) in [6.45, 7) is 2.23. The molecule has 240 valence electrons. The standard InChI is InChI=1S/C47H37N3/c1-2-31-18-19-33-11-4-7-15-40(33)45(31)36-22-26-38(27-23-36)47-49-43(30-44(50-47)42-17-9-13-32-10-3-6-14-39(32)42)35-20-24-37(25-21-35)46-41-16-8-5-12-34(41)28-29-48-46/h3-12,14-29,32,47H,2,13,30H2,1H3. The van der Waals surface area contributed by atoms with Gasteiger partial charge in [0.25, 0.3) is 0 Å². The van der Waals surface area contributed by atoms with Crippen LogP contribution in [0.15, 0.2) is 179 Å². The summed E-state index contributed by atoms with van der Waals surface area (Å²) in [5.74, 6) is 0.392. The minimum Gasteiger partial charge on any atom is -0.257 e. The van der Waals surface area contributed by atoms with Gasteiger partial charge in [0.15, 0.2) is 6.17 Å². The van der Waals surface area contributed by atoms with Gasteiger partial charge in [-0.2, -0.15) is 0 Å². The molecule has 2 unspecified atom stereocenters. The van der Waals surface area contributed by atoms with E-state index in [0.29, 0.717) is 12.3 Å². The fourth-order valence-electron chi connectivity index (χ4n) is 7.78. The molecule has 9 rings (SSSR count).